The van der Waals surface area contributed by atoms with Crippen LogP contribution in [0.5, 0.6) is 0 Å². The number of rotatable bonds is 2. The molecular weight excluding hydrogens is 374 g/mol. The molecule has 1 amide bonds. The topological polar surface area (TPSA) is 61.4 Å². The molecule has 2 heterocycles. The van der Waals surface area contributed by atoms with Crippen LogP contribution in [-0.2, 0) is 9.59 Å². The second-order valence-electron chi connectivity index (χ2n) is 7.98. The number of ketones is 1. The van der Waals surface area contributed by atoms with E-state index in [0.29, 0.717) is 18.0 Å². The Kier molecular flexibility index (Phi) is 4.46. The molecule has 1 aliphatic carbocycles. The van der Waals surface area contributed by atoms with E-state index in [-0.39, 0.29) is 41.5 Å². The van der Waals surface area contributed by atoms with Crippen molar-refractivity contribution in [2.24, 2.45) is 17.8 Å². The molecule has 2 aliphatic heterocycles. The molecule has 5 nitrogen and oxygen atoms in total. The number of hydrogen-bond acceptors (Lipinski definition) is 4. The highest BCUT2D eigenvalue weighted by molar-refractivity contribution is 6.30. The fourth-order valence-corrected chi connectivity index (χ4v) is 5.29. The summed E-state index contributed by atoms with van der Waals surface area (Å²) in [6.07, 6.45) is 1.21. The minimum absolute atomic E-state index is 0.0326. The number of hydrogen-bond donors (Lipinski definition) is 2. The molecule has 1 saturated carbocycles. The van der Waals surface area contributed by atoms with Crippen molar-refractivity contribution in [3.8, 4) is 0 Å². The predicted octanol–water partition coefficient (Wildman–Crippen LogP) is 3.12. The highest BCUT2D eigenvalue weighted by atomic mass is 35.5. The zero-order valence-corrected chi connectivity index (χ0v) is 16.1. The second-order valence-corrected chi connectivity index (χ2v) is 8.41. The molecular formula is C22H22ClN3O2. The van der Waals surface area contributed by atoms with Gasteiger partial charge in [-0.1, -0.05) is 41.9 Å². The summed E-state index contributed by atoms with van der Waals surface area (Å²) in [6.45, 7) is 0.621. The van der Waals surface area contributed by atoms with Gasteiger partial charge in [0.1, 0.15) is 5.78 Å². The van der Waals surface area contributed by atoms with E-state index in [1.807, 2.05) is 54.6 Å². The first-order valence-electron chi connectivity index (χ1n) is 9.78. The van der Waals surface area contributed by atoms with Crippen LogP contribution < -0.4 is 15.8 Å². The van der Waals surface area contributed by atoms with Crippen LogP contribution in [0.4, 0.5) is 5.69 Å². The van der Waals surface area contributed by atoms with E-state index in [2.05, 4.69) is 10.7 Å². The summed E-state index contributed by atoms with van der Waals surface area (Å²) in [5.74, 6) is 0.0918. The monoisotopic (exact) mass is 395 g/mol. The molecule has 3 fully saturated rings. The van der Waals surface area contributed by atoms with E-state index in [1.54, 1.807) is 5.01 Å². The van der Waals surface area contributed by atoms with Crippen LogP contribution in [0.25, 0.3) is 0 Å². The normalized spacial score (nSPS) is 32.2. The molecule has 6 heteroatoms. The quantitative estimate of drug-likeness (QED) is 0.820. The number of piperidine rings is 1. The zero-order valence-electron chi connectivity index (χ0n) is 15.3. The lowest BCUT2D eigenvalue weighted by molar-refractivity contribution is -0.133. The van der Waals surface area contributed by atoms with Gasteiger partial charge in [0.05, 0.1) is 17.8 Å². The highest BCUT2D eigenvalue weighted by Gasteiger charge is 2.54. The largest absolute Gasteiger partial charge is 0.299 e. The minimum atomic E-state index is -0.245. The molecule has 0 spiro atoms. The molecule has 28 heavy (non-hydrogen) atoms. The van der Waals surface area contributed by atoms with Gasteiger partial charge in [-0.15, -0.1) is 0 Å². The van der Waals surface area contributed by atoms with Crippen LogP contribution >= 0.6 is 11.6 Å². The van der Waals surface area contributed by atoms with Gasteiger partial charge in [0.25, 0.3) is 0 Å². The van der Waals surface area contributed by atoms with E-state index in [4.69, 9.17) is 11.6 Å². The molecule has 0 bridgehead atoms. The third-order valence-electron chi connectivity index (χ3n) is 6.42. The van der Waals surface area contributed by atoms with Gasteiger partial charge >= 0.3 is 0 Å². The molecule has 2 aromatic carbocycles. The van der Waals surface area contributed by atoms with E-state index in [1.165, 1.54) is 0 Å². The van der Waals surface area contributed by atoms with Crippen LogP contribution in [-0.4, -0.2) is 24.4 Å². The predicted molar refractivity (Wildman–Crippen MR) is 108 cm³/mol. The number of hydrazine groups is 1. The maximum absolute atomic E-state index is 13.3. The number of amides is 1. The van der Waals surface area contributed by atoms with Crippen LogP contribution in [0.1, 0.15) is 24.3 Å². The lowest BCUT2D eigenvalue weighted by Gasteiger charge is -2.43. The number of Topliss-reactive ketones (excluding diaryl/α,β-unsaturated/α-hetero) is 1. The van der Waals surface area contributed by atoms with Crippen molar-refractivity contribution >= 4 is 29.0 Å². The van der Waals surface area contributed by atoms with Crippen molar-refractivity contribution in [1.82, 2.24) is 10.7 Å². The number of halogens is 1. The number of anilines is 1. The molecule has 5 atom stereocenters. The number of fused-ring (bicyclic) bond motifs is 3. The lowest BCUT2D eigenvalue weighted by Crippen LogP contribution is -2.57. The standard InChI is InChI=1S/C22H22ClN3O2/c23-15-6-4-5-13(9-15)14-10-17-18(19(27)11-14)12-24-21-20(17)22(28)26(25-21)16-7-2-1-3-8-16/h1-9,14,17-18,20-21,24-25H,10-12H2. The highest BCUT2D eigenvalue weighted by Crippen LogP contribution is 2.45. The van der Waals surface area contributed by atoms with Gasteiger partial charge in [0.2, 0.25) is 5.91 Å². The van der Waals surface area contributed by atoms with Crippen molar-refractivity contribution < 1.29 is 9.59 Å². The Morgan fingerprint density at radius 1 is 1.04 bits per heavy atom. The zero-order chi connectivity index (χ0) is 19.3. The smallest absolute Gasteiger partial charge is 0.247 e. The van der Waals surface area contributed by atoms with Gasteiger partial charge in [0, 0.05) is 23.9 Å². The van der Waals surface area contributed by atoms with Gasteiger partial charge in [-0.3, -0.25) is 14.9 Å². The fraction of sp³-hybridized carbons (Fsp3) is 0.364. The first kappa shape index (κ1) is 17.9. The van der Waals surface area contributed by atoms with Crippen molar-refractivity contribution in [3.05, 3.63) is 65.2 Å². The van der Waals surface area contributed by atoms with Crippen LogP contribution in [0.15, 0.2) is 54.6 Å². The third-order valence-corrected chi connectivity index (χ3v) is 6.66. The summed E-state index contributed by atoms with van der Waals surface area (Å²) >= 11 is 6.17. The summed E-state index contributed by atoms with van der Waals surface area (Å²) in [6, 6.07) is 17.4. The number of nitrogens with one attached hydrogen (secondary N) is 2. The Bertz CT molecular complexity index is 919. The molecule has 2 aromatic rings. The Hall–Kier alpha value is -2.21. The van der Waals surface area contributed by atoms with Crippen LogP contribution in [0, 0.1) is 17.8 Å². The van der Waals surface area contributed by atoms with E-state index in [0.717, 1.165) is 17.7 Å². The molecule has 0 radical (unpaired) electrons. The Morgan fingerprint density at radius 2 is 1.86 bits per heavy atom. The molecule has 2 saturated heterocycles. The van der Waals surface area contributed by atoms with Gasteiger partial charge in [-0.05, 0) is 48.1 Å². The van der Waals surface area contributed by atoms with Crippen LogP contribution in [0.3, 0.4) is 0 Å². The van der Waals surface area contributed by atoms with Gasteiger partial charge < -0.3 is 0 Å². The maximum atomic E-state index is 13.3. The number of para-hydroxylation sites is 1. The van der Waals surface area contributed by atoms with Gasteiger partial charge in [-0.25, -0.2) is 10.4 Å². The Labute approximate surface area is 169 Å². The number of carbonyl (C=O) groups is 2. The van der Waals surface area contributed by atoms with E-state index >= 15 is 0 Å². The number of nitrogens with zero attached hydrogens (tertiary/aromatic N) is 1. The summed E-state index contributed by atoms with van der Waals surface area (Å²) in [5.41, 5.74) is 5.23. The van der Waals surface area contributed by atoms with Crippen molar-refractivity contribution in [2.45, 2.75) is 24.9 Å². The molecule has 3 aliphatic rings. The van der Waals surface area contributed by atoms with Crippen molar-refractivity contribution in [3.63, 3.8) is 0 Å². The van der Waals surface area contributed by atoms with Gasteiger partial charge in [-0.2, -0.15) is 0 Å². The molecule has 144 valence electrons. The summed E-state index contributed by atoms with van der Waals surface area (Å²) in [7, 11) is 0. The lowest BCUT2D eigenvalue weighted by atomic mass is 9.64. The van der Waals surface area contributed by atoms with Crippen molar-refractivity contribution in [2.75, 3.05) is 11.6 Å². The fourth-order valence-electron chi connectivity index (χ4n) is 5.10. The summed E-state index contributed by atoms with van der Waals surface area (Å²) in [5, 5.41) is 5.71. The molecule has 5 rings (SSSR count). The molecule has 0 aromatic heterocycles. The average Bonchev–Trinajstić information content (AvgIpc) is 3.05. The first-order valence-corrected chi connectivity index (χ1v) is 10.2. The first-order chi connectivity index (χ1) is 13.6. The maximum Gasteiger partial charge on any atom is 0.247 e. The second kappa shape index (κ2) is 6.99. The third kappa shape index (κ3) is 2.94. The Balaban J connectivity index is 1.44. The van der Waals surface area contributed by atoms with Gasteiger partial charge in [0.15, 0.2) is 0 Å². The summed E-state index contributed by atoms with van der Waals surface area (Å²) < 4.78 is 0. The Morgan fingerprint density at radius 3 is 2.64 bits per heavy atom. The molecule has 2 N–H and O–H groups in total. The number of carbonyl (C=O) groups excluding carboxylic acids is 2. The SMILES string of the molecule is O=C1CC(c2cccc(Cl)c2)CC2C1CNC1NN(c3ccccc3)C(=O)C12. The average molecular weight is 396 g/mol. The minimum Gasteiger partial charge on any atom is -0.299 e. The summed E-state index contributed by atoms with van der Waals surface area (Å²) in [4.78, 5) is 26.2. The molecule has 5 unspecified atom stereocenters. The van der Waals surface area contributed by atoms with E-state index < -0.39 is 0 Å². The number of benzene rings is 2. The van der Waals surface area contributed by atoms with Crippen molar-refractivity contribution in [1.29, 1.82) is 0 Å². The van der Waals surface area contributed by atoms with E-state index in [9.17, 15) is 9.59 Å². The van der Waals surface area contributed by atoms with Crippen LogP contribution in [0.2, 0.25) is 5.02 Å².